The molecular formula is C25H28N2O5. The number of ether oxygens (including phenoxy) is 3. The summed E-state index contributed by atoms with van der Waals surface area (Å²) >= 11 is 0. The molecule has 0 fully saturated rings. The van der Waals surface area contributed by atoms with E-state index in [1.165, 1.54) is 7.11 Å². The second kappa shape index (κ2) is 9.34. The lowest BCUT2D eigenvalue weighted by molar-refractivity contribution is -0.142. The Morgan fingerprint density at radius 2 is 1.88 bits per heavy atom. The maximum absolute atomic E-state index is 12.5. The summed E-state index contributed by atoms with van der Waals surface area (Å²) in [5.41, 5.74) is 9.96. The van der Waals surface area contributed by atoms with Crippen LogP contribution in [0.2, 0.25) is 0 Å². The van der Waals surface area contributed by atoms with E-state index in [4.69, 9.17) is 19.9 Å². The fourth-order valence-corrected chi connectivity index (χ4v) is 4.58. The molecule has 168 valence electrons. The van der Waals surface area contributed by atoms with Gasteiger partial charge in [-0.15, -0.1) is 0 Å². The van der Waals surface area contributed by atoms with Crippen molar-refractivity contribution in [2.24, 2.45) is 5.73 Å². The molecule has 1 aliphatic carbocycles. The van der Waals surface area contributed by atoms with Gasteiger partial charge in [-0.25, -0.2) is 4.79 Å². The van der Waals surface area contributed by atoms with E-state index < -0.39 is 11.9 Å². The highest BCUT2D eigenvalue weighted by Gasteiger charge is 2.31. The van der Waals surface area contributed by atoms with Crippen LogP contribution < -0.4 is 15.2 Å². The van der Waals surface area contributed by atoms with Crippen molar-refractivity contribution in [1.82, 2.24) is 4.57 Å². The molecule has 0 saturated heterocycles. The Morgan fingerprint density at radius 3 is 2.56 bits per heavy atom. The van der Waals surface area contributed by atoms with Gasteiger partial charge in [0.1, 0.15) is 11.5 Å². The minimum absolute atomic E-state index is 0.199. The number of carbonyl (C=O) groups excluding carboxylic acids is 2. The summed E-state index contributed by atoms with van der Waals surface area (Å²) in [7, 11) is 2.97. The van der Waals surface area contributed by atoms with Crippen molar-refractivity contribution >= 4 is 22.8 Å². The van der Waals surface area contributed by atoms with E-state index in [-0.39, 0.29) is 12.5 Å². The lowest BCUT2D eigenvalue weighted by Crippen LogP contribution is -2.21. The predicted molar refractivity (Wildman–Crippen MR) is 121 cm³/mol. The van der Waals surface area contributed by atoms with Gasteiger partial charge in [-0.05, 0) is 54.7 Å². The largest absolute Gasteiger partial charge is 0.497 e. The van der Waals surface area contributed by atoms with Crippen molar-refractivity contribution in [2.75, 3.05) is 20.8 Å². The number of rotatable bonds is 7. The number of benzene rings is 2. The van der Waals surface area contributed by atoms with Crippen LogP contribution in [0, 0.1) is 0 Å². The maximum Gasteiger partial charge on any atom is 0.343 e. The molecule has 3 aromatic rings. The monoisotopic (exact) mass is 436 g/mol. The molecule has 4 rings (SSSR count). The predicted octanol–water partition coefficient (Wildman–Crippen LogP) is 3.55. The smallest absolute Gasteiger partial charge is 0.343 e. The quantitative estimate of drug-likeness (QED) is 0.452. The van der Waals surface area contributed by atoms with Gasteiger partial charge >= 0.3 is 5.97 Å². The number of primary amides is 1. The van der Waals surface area contributed by atoms with Crippen LogP contribution in [0.15, 0.2) is 42.5 Å². The van der Waals surface area contributed by atoms with E-state index in [9.17, 15) is 9.59 Å². The summed E-state index contributed by atoms with van der Waals surface area (Å²) in [6.07, 6.45) is 3.46. The van der Waals surface area contributed by atoms with Crippen LogP contribution in [-0.2, 0) is 27.3 Å². The Labute approximate surface area is 187 Å². The molecular weight excluding hydrogens is 408 g/mol. The number of hydrogen-bond donors (Lipinski definition) is 1. The number of methoxy groups -OCH3 is 2. The van der Waals surface area contributed by atoms with Crippen LogP contribution >= 0.6 is 0 Å². The molecule has 7 nitrogen and oxygen atoms in total. The molecule has 1 heterocycles. The first-order valence-electron chi connectivity index (χ1n) is 10.8. The summed E-state index contributed by atoms with van der Waals surface area (Å²) in [5, 5.41) is 0.852. The van der Waals surface area contributed by atoms with Crippen LogP contribution in [-0.4, -0.2) is 37.3 Å². The average Bonchev–Trinajstić information content (AvgIpc) is 2.96. The van der Waals surface area contributed by atoms with E-state index in [0.717, 1.165) is 52.7 Å². The fourth-order valence-electron chi connectivity index (χ4n) is 4.58. The Bertz CT molecular complexity index is 1130. The molecule has 1 aliphatic rings. The number of amides is 1. The van der Waals surface area contributed by atoms with E-state index in [0.29, 0.717) is 18.7 Å². The number of nitrogens with zero attached hydrogens (tertiary/aromatic N) is 1. The van der Waals surface area contributed by atoms with Crippen LogP contribution in [0.5, 0.6) is 11.5 Å². The number of nitrogens with two attached hydrogens (primary N) is 1. The van der Waals surface area contributed by atoms with Gasteiger partial charge in [-0.3, -0.25) is 4.79 Å². The highest BCUT2D eigenvalue weighted by molar-refractivity contribution is 5.97. The molecule has 1 aromatic heterocycles. The molecule has 0 aliphatic heterocycles. The van der Waals surface area contributed by atoms with Crippen molar-refractivity contribution in [3.8, 4) is 11.5 Å². The second-order valence-electron chi connectivity index (χ2n) is 8.01. The van der Waals surface area contributed by atoms with Gasteiger partial charge in [0, 0.05) is 17.6 Å². The molecule has 1 amide bonds. The van der Waals surface area contributed by atoms with Crippen molar-refractivity contribution < 1.29 is 23.8 Å². The van der Waals surface area contributed by atoms with Crippen LogP contribution in [0.3, 0.4) is 0 Å². The van der Waals surface area contributed by atoms with Gasteiger partial charge in [0.25, 0.3) is 0 Å². The van der Waals surface area contributed by atoms with Crippen molar-refractivity contribution in [2.45, 2.75) is 38.1 Å². The maximum atomic E-state index is 12.5. The van der Waals surface area contributed by atoms with Gasteiger partial charge in [-0.1, -0.05) is 24.6 Å². The van der Waals surface area contributed by atoms with Gasteiger partial charge < -0.3 is 24.5 Å². The molecule has 2 aromatic carbocycles. The number of hydrogen-bond acceptors (Lipinski definition) is 5. The van der Waals surface area contributed by atoms with Crippen LogP contribution in [0.1, 0.15) is 42.0 Å². The first-order chi connectivity index (χ1) is 15.5. The van der Waals surface area contributed by atoms with Gasteiger partial charge in [0.15, 0.2) is 6.61 Å². The molecule has 32 heavy (non-hydrogen) atoms. The first-order valence-corrected chi connectivity index (χ1v) is 10.8. The highest BCUT2D eigenvalue weighted by Crippen LogP contribution is 2.42. The molecule has 1 unspecified atom stereocenters. The SMILES string of the molecule is COC(=O)COc1cccc2c1c1c(n2Cc2ccc(OC)cc2)CCCCC1C(N)=O. The molecule has 0 radical (unpaired) electrons. The Morgan fingerprint density at radius 1 is 1.09 bits per heavy atom. The third-order valence-electron chi connectivity index (χ3n) is 6.12. The average molecular weight is 437 g/mol. The number of esters is 1. The van der Waals surface area contributed by atoms with Gasteiger partial charge in [0.2, 0.25) is 5.91 Å². The summed E-state index contributed by atoms with van der Waals surface area (Å²) in [4.78, 5) is 24.2. The van der Waals surface area contributed by atoms with Gasteiger partial charge in [0.05, 0.1) is 25.7 Å². The first kappa shape index (κ1) is 21.7. The molecule has 1 atom stereocenters. The highest BCUT2D eigenvalue weighted by atomic mass is 16.6. The molecule has 7 heteroatoms. The summed E-state index contributed by atoms with van der Waals surface area (Å²) < 4.78 is 18.1. The molecule has 0 spiro atoms. The van der Waals surface area contributed by atoms with Gasteiger partial charge in [-0.2, -0.15) is 0 Å². The Balaban J connectivity index is 1.88. The Hall–Kier alpha value is -3.48. The van der Waals surface area contributed by atoms with E-state index in [1.54, 1.807) is 7.11 Å². The van der Waals surface area contributed by atoms with E-state index in [1.807, 2.05) is 42.5 Å². The fraction of sp³-hybridized carbons (Fsp3) is 0.360. The standard InChI is InChI=1S/C25H28N2O5/c1-30-17-12-10-16(11-13-17)14-27-19-7-4-3-6-18(25(26)29)23(19)24-20(27)8-5-9-21(24)32-15-22(28)31-2/h5,8-13,18H,3-4,6-7,14-15H2,1-2H3,(H2,26,29). The van der Waals surface area contributed by atoms with Crippen LogP contribution in [0.25, 0.3) is 10.9 Å². The normalized spacial score (nSPS) is 15.6. The zero-order valence-electron chi connectivity index (χ0n) is 18.4. The minimum Gasteiger partial charge on any atom is -0.497 e. The second-order valence-corrected chi connectivity index (χ2v) is 8.01. The van der Waals surface area contributed by atoms with E-state index in [2.05, 4.69) is 4.57 Å². The van der Waals surface area contributed by atoms with Crippen molar-refractivity contribution in [3.63, 3.8) is 0 Å². The van der Waals surface area contributed by atoms with Crippen LogP contribution in [0.4, 0.5) is 0 Å². The Kier molecular flexibility index (Phi) is 6.35. The third kappa shape index (κ3) is 4.15. The molecule has 2 N–H and O–H groups in total. The zero-order chi connectivity index (χ0) is 22.7. The molecule has 0 saturated carbocycles. The minimum atomic E-state index is -0.461. The lowest BCUT2D eigenvalue weighted by atomic mass is 9.92. The summed E-state index contributed by atoms with van der Waals surface area (Å²) in [6.45, 7) is 0.442. The number of carbonyl (C=O) groups is 2. The third-order valence-corrected chi connectivity index (χ3v) is 6.12. The summed E-state index contributed by atoms with van der Waals surface area (Å²) in [5.74, 6) is 0.176. The zero-order valence-corrected chi connectivity index (χ0v) is 18.4. The molecule has 0 bridgehead atoms. The number of aromatic nitrogens is 1. The van der Waals surface area contributed by atoms with E-state index >= 15 is 0 Å². The van der Waals surface area contributed by atoms with Crippen molar-refractivity contribution in [1.29, 1.82) is 0 Å². The van der Waals surface area contributed by atoms with Crippen molar-refractivity contribution in [3.05, 3.63) is 59.3 Å². The summed E-state index contributed by atoms with van der Waals surface area (Å²) in [6, 6.07) is 13.7. The topological polar surface area (TPSA) is 92.8 Å². The lowest BCUT2D eigenvalue weighted by Gasteiger charge is -2.14. The number of fused-ring (bicyclic) bond motifs is 3.